The number of rotatable bonds is 4. The number of aromatic hydroxyl groups is 2. The lowest BCUT2D eigenvalue weighted by molar-refractivity contribution is 0.0316. The van der Waals surface area contributed by atoms with Crippen molar-refractivity contribution in [2.75, 3.05) is 0 Å². The maximum Gasteiger partial charge on any atom is 0.342 e. The van der Waals surface area contributed by atoms with Crippen LogP contribution in [0.3, 0.4) is 0 Å². The summed E-state index contributed by atoms with van der Waals surface area (Å²) in [6.45, 7) is 1.47. The Balaban J connectivity index is 1.62. The Hall–Kier alpha value is -3.80. The van der Waals surface area contributed by atoms with E-state index in [0.29, 0.717) is 16.3 Å². The zero-order chi connectivity index (χ0) is 19.8. The summed E-state index contributed by atoms with van der Waals surface area (Å²) in [5, 5.41) is 22.0. The number of carbonyl (C=O) groups is 2. The molecule has 0 fully saturated rings. The second-order valence-electron chi connectivity index (χ2n) is 6.50. The van der Waals surface area contributed by atoms with E-state index in [1.54, 1.807) is 36.5 Å². The van der Waals surface area contributed by atoms with E-state index in [4.69, 9.17) is 4.74 Å². The van der Waals surface area contributed by atoms with Crippen LogP contribution in [-0.2, 0) is 4.74 Å². The first-order valence-electron chi connectivity index (χ1n) is 8.72. The van der Waals surface area contributed by atoms with E-state index in [9.17, 15) is 19.8 Å². The molecule has 0 saturated carbocycles. The van der Waals surface area contributed by atoms with Gasteiger partial charge in [-0.2, -0.15) is 0 Å². The van der Waals surface area contributed by atoms with Crippen molar-refractivity contribution in [2.24, 2.45) is 0 Å². The highest BCUT2D eigenvalue weighted by Crippen LogP contribution is 2.35. The highest BCUT2D eigenvalue weighted by molar-refractivity contribution is 6.11. The Morgan fingerprint density at radius 1 is 0.929 bits per heavy atom. The van der Waals surface area contributed by atoms with Crippen molar-refractivity contribution in [1.29, 1.82) is 0 Å². The van der Waals surface area contributed by atoms with E-state index in [2.05, 4.69) is 4.98 Å². The number of hydrogen-bond donors (Lipinski definition) is 3. The fraction of sp³-hybridized carbons (Fsp3) is 0.0909. The Bertz CT molecular complexity index is 1220. The van der Waals surface area contributed by atoms with Crippen LogP contribution in [0.2, 0.25) is 0 Å². The first-order chi connectivity index (χ1) is 13.5. The van der Waals surface area contributed by atoms with Gasteiger partial charge in [-0.15, -0.1) is 0 Å². The molecule has 4 aromatic rings. The Morgan fingerprint density at radius 2 is 1.57 bits per heavy atom. The van der Waals surface area contributed by atoms with Gasteiger partial charge in [-0.1, -0.05) is 42.5 Å². The molecule has 3 N–H and O–H groups in total. The van der Waals surface area contributed by atoms with Crippen molar-refractivity contribution < 1.29 is 24.5 Å². The Morgan fingerprint density at radius 3 is 2.32 bits per heavy atom. The maximum absolute atomic E-state index is 12.7. The van der Waals surface area contributed by atoms with Crippen LogP contribution in [0.1, 0.15) is 27.6 Å². The van der Waals surface area contributed by atoms with E-state index < -0.39 is 12.1 Å². The first-order valence-corrected chi connectivity index (χ1v) is 8.72. The highest BCUT2D eigenvalue weighted by atomic mass is 16.5. The van der Waals surface area contributed by atoms with Gasteiger partial charge in [0.1, 0.15) is 17.1 Å². The van der Waals surface area contributed by atoms with Gasteiger partial charge in [0.15, 0.2) is 6.10 Å². The first kappa shape index (κ1) is 17.6. The second kappa shape index (κ2) is 6.74. The van der Waals surface area contributed by atoms with E-state index in [1.807, 2.05) is 18.2 Å². The largest absolute Gasteiger partial charge is 0.507 e. The zero-order valence-electron chi connectivity index (χ0n) is 15.0. The summed E-state index contributed by atoms with van der Waals surface area (Å²) >= 11 is 0. The lowest BCUT2D eigenvalue weighted by Gasteiger charge is -2.14. The van der Waals surface area contributed by atoms with Crippen LogP contribution in [0.15, 0.2) is 60.8 Å². The maximum atomic E-state index is 12.7. The van der Waals surface area contributed by atoms with Gasteiger partial charge in [0.25, 0.3) is 0 Å². The van der Waals surface area contributed by atoms with Crippen molar-refractivity contribution in [1.82, 2.24) is 4.98 Å². The van der Waals surface area contributed by atoms with E-state index in [1.165, 1.54) is 6.92 Å². The molecule has 6 nitrogen and oxygen atoms in total. The molecule has 0 amide bonds. The molecule has 1 heterocycles. The summed E-state index contributed by atoms with van der Waals surface area (Å²) in [4.78, 5) is 28.3. The summed E-state index contributed by atoms with van der Waals surface area (Å²) in [5.74, 6) is -1.71. The van der Waals surface area contributed by atoms with Gasteiger partial charge in [-0.25, -0.2) is 4.79 Å². The van der Waals surface area contributed by atoms with Crippen molar-refractivity contribution in [3.05, 3.63) is 71.9 Å². The van der Waals surface area contributed by atoms with Crippen molar-refractivity contribution >= 4 is 33.4 Å². The van der Waals surface area contributed by atoms with Gasteiger partial charge in [0, 0.05) is 33.4 Å². The van der Waals surface area contributed by atoms with Crippen molar-refractivity contribution in [3.8, 4) is 11.5 Å². The number of H-pyrrole nitrogens is 1. The fourth-order valence-electron chi connectivity index (χ4n) is 3.27. The van der Waals surface area contributed by atoms with E-state index in [-0.39, 0.29) is 22.8 Å². The van der Waals surface area contributed by atoms with Gasteiger partial charge >= 0.3 is 5.97 Å². The van der Waals surface area contributed by atoms with Crippen LogP contribution in [0.5, 0.6) is 11.5 Å². The minimum absolute atomic E-state index is 0.157. The SMILES string of the molecule is C[C@@H](OC(=O)c1cc(O)c2ccccc2c1O)C(=O)c1c[nH]c2ccccc12. The number of hydrogen-bond acceptors (Lipinski definition) is 5. The molecule has 0 radical (unpaired) electrons. The molecular formula is C22H17NO5. The van der Waals surface area contributed by atoms with E-state index >= 15 is 0 Å². The molecule has 0 unspecified atom stereocenters. The number of fused-ring (bicyclic) bond motifs is 2. The monoisotopic (exact) mass is 375 g/mol. The van der Waals surface area contributed by atoms with Crippen LogP contribution in [-0.4, -0.2) is 33.1 Å². The Labute approximate surface area is 160 Å². The van der Waals surface area contributed by atoms with Gasteiger partial charge in [-0.3, -0.25) is 4.79 Å². The standard InChI is InChI=1S/C22H17NO5/c1-12(20(25)17-11-23-18-9-5-4-6-13(17)18)28-22(27)16-10-19(24)14-7-2-3-8-15(14)21(16)26/h2-12,23-24,26H,1H3/t12-/m1/s1. The lowest BCUT2D eigenvalue weighted by Crippen LogP contribution is -2.24. The molecular weight excluding hydrogens is 358 g/mol. The lowest BCUT2D eigenvalue weighted by atomic mass is 10.0. The predicted molar refractivity (Wildman–Crippen MR) is 105 cm³/mol. The second-order valence-corrected chi connectivity index (χ2v) is 6.50. The number of carbonyl (C=O) groups excluding carboxylic acids is 2. The number of esters is 1. The predicted octanol–water partition coefficient (Wildman–Crippen LogP) is 4.16. The number of aromatic nitrogens is 1. The number of aromatic amines is 1. The molecule has 140 valence electrons. The summed E-state index contributed by atoms with van der Waals surface area (Å²) in [6.07, 6.45) is 0.510. The van der Waals surface area contributed by atoms with Gasteiger partial charge in [0.2, 0.25) is 5.78 Å². The molecule has 1 atom stereocenters. The van der Waals surface area contributed by atoms with E-state index in [0.717, 1.165) is 17.0 Å². The van der Waals surface area contributed by atoms with Crippen LogP contribution in [0.4, 0.5) is 0 Å². The third-order valence-electron chi connectivity index (χ3n) is 4.72. The van der Waals surface area contributed by atoms with Crippen LogP contribution in [0.25, 0.3) is 21.7 Å². The summed E-state index contributed by atoms with van der Waals surface area (Å²) in [6, 6.07) is 15.1. The highest BCUT2D eigenvalue weighted by Gasteiger charge is 2.25. The molecule has 1 aromatic heterocycles. The topological polar surface area (TPSA) is 99.6 Å². The molecule has 0 spiro atoms. The fourth-order valence-corrected chi connectivity index (χ4v) is 3.27. The summed E-state index contributed by atoms with van der Waals surface area (Å²) in [7, 11) is 0. The molecule has 0 aliphatic heterocycles. The molecule has 0 aliphatic carbocycles. The average molecular weight is 375 g/mol. The molecule has 0 bridgehead atoms. The smallest absolute Gasteiger partial charge is 0.342 e. The number of phenolic OH excluding ortho intramolecular Hbond substituents is 2. The van der Waals surface area contributed by atoms with Crippen LogP contribution in [0, 0.1) is 0 Å². The number of benzene rings is 3. The molecule has 0 aliphatic rings. The average Bonchev–Trinajstić information content (AvgIpc) is 3.14. The molecule has 4 rings (SSSR count). The molecule has 3 aromatic carbocycles. The molecule has 6 heteroatoms. The minimum Gasteiger partial charge on any atom is -0.507 e. The number of ketones is 1. The Kier molecular flexibility index (Phi) is 4.24. The molecule has 28 heavy (non-hydrogen) atoms. The normalized spacial score (nSPS) is 12.2. The summed E-state index contributed by atoms with van der Waals surface area (Å²) < 4.78 is 5.28. The number of para-hydroxylation sites is 1. The van der Waals surface area contributed by atoms with Gasteiger partial charge in [0.05, 0.1) is 0 Å². The molecule has 0 saturated heterocycles. The van der Waals surface area contributed by atoms with Gasteiger partial charge in [-0.05, 0) is 19.1 Å². The van der Waals surface area contributed by atoms with Gasteiger partial charge < -0.3 is 19.9 Å². The number of nitrogens with one attached hydrogen (secondary N) is 1. The quantitative estimate of drug-likeness (QED) is 0.283. The number of ether oxygens (including phenoxy) is 1. The van der Waals surface area contributed by atoms with Crippen LogP contribution >= 0.6 is 0 Å². The third-order valence-corrected chi connectivity index (χ3v) is 4.72. The minimum atomic E-state index is -1.07. The summed E-state index contributed by atoms with van der Waals surface area (Å²) in [5.41, 5.74) is 1.03. The number of Topliss-reactive ketones (excluding diaryl/α,β-unsaturated/α-hetero) is 1. The zero-order valence-corrected chi connectivity index (χ0v) is 15.0. The van der Waals surface area contributed by atoms with Crippen LogP contribution < -0.4 is 0 Å². The number of phenols is 2. The van der Waals surface area contributed by atoms with Crippen molar-refractivity contribution in [2.45, 2.75) is 13.0 Å². The third kappa shape index (κ3) is 2.85. The van der Waals surface area contributed by atoms with Crippen molar-refractivity contribution in [3.63, 3.8) is 0 Å².